The summed E-state index contributed by atoms with van der Waals surface area (Å²) >= 11 is 1.73. The van der Waals surface area contributed by atoms with Gasteiger partial charge in [-0.2, -0.15) is 13.2 Å². The molecule has 0 aliphatic rings. The summed E-state index contributed by atoms with van der Waals surface area (Å²) in [7, 11) is 0. The van der Waals surface area contributed by atoms with Crippen LogP contribution in [0.2, 0.25) is 0 Å². The molecule has 2 aromatic carbocycles. The lowest BCUT2D eigenvalue weighted by atomic mass is 10.2. The fraction of sp³-hybridized carbons (Fsp3) is 0.318. The van der Waals surface area contributed by atoms with Crippen molar-refractivity contribution in [2.45, 2.75) is 30.5 Å². The topological polar surface area (TPSA) is 38.3 Å². The highest BCUT2D eigenvalue weighted by Crippen LogP contribution is 2.21. The lowest BCUT2D eigenvalue weighted by Crippen LogP contribution is -2.36. The van der Waals surface area contributed by atoms with Crippen LogP contribution < -0.4 is 5.32 Å². The second-order valence-electron chi connectivity index (χ2n) is 6.28. The van der Waals surface area contributed by atoms with Crippen molar-refractivity contribution in [2.24, 2.45) is 0 Å². The van der Waals surface area contributed by atoms with E-state index in [4.69, 9.17) is 4.74 Å². The van der Waals surface area contributed by atoms with E-state index in [9.17, 15) is 18.0 Å². The van der Waals surface area contributed by atoms with E-state index in [1.165, 1.54) is 11.6 Å². The summed E-state index contributed by atoms with van der Waals surface area (Å²) in [6.07, 6.45) is 0.355. The van der Waals surface area contributed by atoms with Crippen molar-refractivity contribution in [2.75, 3.05) is 18.9 Å². The molecule has 29 heavy (non-hydrogen) atoms. The summed E-state index contributed by atoms with van der Waals surface area (Å²) in [6, 6.07) is 17.8. The van der Waals surface area contributed by atoms with Crippen LogP contribution in [0.4, 0.5) is 13.2 Å². The Bertz CT molecular complexity index is 779. The van der Waals surface area contributed by atoms with E-state index in [-0.39, 0.29) is 6.54 Å². The van der Waals surface area contributed by atoms with Crippen LogP contribution in [-0.4, -0.2) is 31.0 Å². The van der Waals surface area contributed by atoms with Gasteiger partial charge >= 0.3 is 12.1 Å². The molecule has 2 rings (SSSR count). The number of halogens is 3. The highest BCUT2D eigenvalue weighted by Gasteiger charge is 2.37. The SMILES string of the molecule is O=C(NCC=Cc1cccc(SCCCCOCc2ccccc2)c1)C(F)(F)F. The average molecular weight is 424 g/mol. The van der Waals surface area contributed by atoms with Gasteiger partial charge in [0.05, 0.1) is 6.61 Å². The lowest BCUT2D eigenvalue weighted by molar-refractivity contribution is -0.173. The zero-order valence-electron chi connectivity index (χ0n) is 16.0. The van der Waals surface area contributed by atoms with Gasteiger partial charge in [-0.25, -0.2) is 0 Å². The number of carbonyl (C=O) groups excluding carboxylic acids is 1. The first kappa shape index (κ1) is 23.0. The molecule has 0 atom stereocenters. The van der Waals surface area contributed by atoms with Gasteiger partial charge in [0, 0.05) is 18.0 Å². The van der Waals surface area contributed by atoms with Crippen LogP contribution in [0.3, 0.4) is 0 Å². The van der Waals surface area contributed by atoms with Gasteiger partial charge in [0.1, 0.15) is 0 Å². The van der Waals surface area contributed by atoms with Gasteiger partial charge < -0.3 is 10.1 Å². The first-order valence-electron chi connectivity index (χ1n) is 9.31. The average Bonchev–Trinajstić information content (AvgIpc) is 2.71. The summed E-state index contributed by atoms with van der Waals surface area (Å²) in [5.74, 6) is -0.969. The number of nitrogens with one attached hydrogen (secondary N) is 1. The zero-order valence-corrected chi connectivity index (χ0v) is 16.8. The second-order valence-corrected chi connectivity index (χ2v) is 7.44. The molecule has 1 amide bonds. The van der Waals surface area contributed by atoms with Gasteiger partial charge in [0.15, 0.2) is 0 Å². The second kappa shape index (κ2) is 12.3. The van der Waals surface area contributed by atoms with Crippen LogP contribution in [-0.2, 0) is 16.1 Å². The summed E-state index contributed by atoms with van der Waals surface area (Å²) < 4.78 is 42.0. The number of benzene rings is 2. The van der Waals surface area contributed by atoms with Gasteiger partial charge in [-0.15, -0.1) is 11.8 Å². The number of unbranched alkanes of at least 4 members (excludes halogenated alkanes) is 1. The van der Waals surface area contributed by atoms with Crippen LogP contribution in [0.5, 0.6) is 0 Å². The molecule has 0 unspecified atom stereocenters. The Kier molecular flexibility index (Phi) is 9.80. The number of carbonyl (C=O) groups is 1. The van der Waals surface area contributed by atoms with E-state index in [1.54, 1.807) is 17.8 Å². The molecule has 156 valence electrons. The third-order valence-electron chi connectivity index (χ3n) is 3.87. The number of hydrogen-bond donors (Lipinski definition) is 1. The zero-order chi connectivity index (χ0) is 21.0. The molecular formula is C22H24F3NO2S. The van der Waals surface area contributed by atoms with E-state index in [0.29, 0.717) is 6.61 Å². The summed E-state index contributed by atoms with van der Waals surface area (Å²) in [6.45, 7) is 1.19. The molecule has 0 saturated heterocycles. The molecule has 0 saturated carbocycles. The molecule has 7 heteroatoms. The molecule has 0 bridgehead atoms. The Morgan fingerprint density at radius 1 is 1.07 bits per heavy atom. The van der Waals surface area contributed by atoms with Crippen molar-refractivity contribution < 1.29 is 22.7 Å². The Hall–Kier alpha value is -2.25. The van der Waals surface area contributed by atoms with Gasteiger partial charge in [-0.3, -0.25) is 4.79 Å². The molecule has 0 aromatic heterocycles. The van der Waals surface area contributed by atoms with Crippen molar-refractivity contribution in [3.05, 3.63) is 71.8 Å². The highest BCUT2D eigenvalue weighted by atomic mass is 32.2. The van der Waals surface area contributed by atoms with Gasteiger partial charge in [-0.1, -0.05) is 54.6 Å². The molecule has 0 spiro atoms. The maximum Gasteiger partial charge on any atom is 0.471 e. The molecule has 2 aromatic rings. The number of hydrogen-bond acceptors (Lipinski definition) is 3. The first-order valence-corrected chi connectivity index (χ1v) is 10.3. The maximum absolute atomic E-state index is 12.1. The standard InChI is InChI=1S/C22H24F3NO2S/c23-22(24,25)21(27)26-13-7-11-18-10-6-12-20(16-18)29-15-5-4-14-28-17-19-8-2-1-3-9-19/h1-3,6-12,16H,4-5,13-15,17H2,(H,26,27). The molecule has 0 radical (unpaired) electrons. The molecule has 0 aliphatic carbocycles. The van der Waals surface area contributed by atoms with Crippen molar-refractivity contribution in [3.63, 3.8) is 0 Å². The number of ether oxygens (including phenoxy) is 1. The third kappa shape index (κ3) is 9.67. The van der Waals surface area contributed by atoms with Crippen molar-refractivity contribution in [1.82, 2.24) is 5.32 Å². The summed E-state index contributed by atoms with van der Waals surface area (Å²) in [4.78, 5) is 11.8. The van der Waals surface area contributed by atoms with Crippen LogP contribution in [0.25, 0.3) is 6.08 Å². The van der Waals surface area contributed by atoms with E-state index < -0.39 is 12.1 Å². The molecule has 0 heterocycles. The predicted octanol–water partition coefficient (Wildman–Crippen LogP) is 5.47. The monoisotopic (exact) mass is 423 g/mol. The van der Waals surface area contributed by atoms with Crippen molar-refractivity contribution in [1.29, 1.82) is 0 Å². The van der Waals surface area contributed by atoms with E-state index >= 15 is 0 Å². The number of thioether (sulfide) groups is 1. The van der Waals surface area contributed by atoms with Crippen LogP contribution in [0, 0.1) is 0 Å². The minimum atomic E-state index is -4.85. The van der Waals surface area contributed by atoms with Crippen LogP contribution >= 0.6 is 11.8 Å². The Balaban J connectivity index is 1.61. The predicted molar refractivity (Wildman–Crippen MR) is 111 cm³/mol. The smallest absolute Gasteiger partial charge is 0.377 e. The highest BCUT2D eigenvalue weighted by molar-refractivity contribution is 7.99. The van der Waals surface area contributed by atoms with Gasteiger partial charge in [-0.05, 0) is 41.9 Å². The largest absolute Gasteiger partial charge is 0.471 e. The number of alkyl halides is 3. The van der Waals surface area contributed by atoms with Crippen molar-refractivity contribution >= 4 is 23.7 Å². The van der Waals surface area contributed by atoms with Crippen molar-refractivity contribution in [3.8, 4) is 0 Å². The minimum absolute atomic E-state index is 0.168. The fourth-order valence-electron chi connectivity index (χ4n) is 2.42. The maximum atomic E-state index is 12.1. The van der Waals surface area contributed by atoms with Gasteiger partial charge in [0.2, 0.25) is 0 Å². The molecule has 0 fully saturated rings. The fourth-order valence-corrected chi connectivity index (χ4v) is 3.39. The Labute approximate surface area is 173 Å². The van der Waals surface area contributed by atoms with E-state index in [1.807, 2.05) is 59.9 Å². The summed E-state index contributed by atoms with van der Waals surface area (Å²) in [5.41, 5.74) is 2.05. The molecule has 1 N–H and O–H groups in total. The molecule has 3 nitrogen and oxygen atoms in total. The molecule has 0 aliphatic heterocycles. The quantitative estimate of drug-likeness (QED) is 0.385. The molecular weight excluding hydrogens is 399 g/mol. The Morgan fingerprint density at radius 3 is 2.62 bits per heavy atom. The minimum Gasteiger partial charge on any atom is -0.377 e. The number of rotatable bonds is 11. The van der Waals surface area contributed by atoms with E-state index in [0.717, 1.165) is 35.7 Å². The Morgan fingerprint density at radius 2 is 1.86 bits per heavy atom. The van der Waals surface area contributed by atoms with E-state index in [2.05, 4.69) is 0 Å². The number of amides is 1. The third-order valence-corrected chi connectivity index (χ3v) is 4.95. The summed E-state index contributed by atoms with van der Waals surface area (Å²) in [5, 5.41) is 1.81. The first-order chi connectivity index (χ1) is 13.9. The lowest BCUT2D eigenvalue weighted by Gasteiger charge is -2.06. The van der Waals surface area contributed by atoms with Crippen LogP contribution in [0.15, 0.2) is 65.6 Å². The van der Waals surface area contributed by atoms with Crippen LogP contribution in [0.1, 0.15) is 24.0 Å². The van der Waals surface area contributed by atoms with Gasteiger partial charge in [0.25, 0.3) is 0 Å². The normalized spacial score (nSPS) is 11.7.